The normalized spacial score (nSPS) is 10.1. The van der Waals surface area contributed by atoms with Gasteiger partial charge in [-0.1, -0.05) is 11.3 Å². The topological polar surface area (TPSA) is 68.0 Å². The van der Waals surface area contributed by atoms with Gasteiger partial charge in [0.05, 0.1) is 6.26 Å². The Morgan fingerprint density at radius 3 is 3.00 bits per heavy atom. The van der Waals surface area contributed by atoms with Crippen LogP contribution in [0.5, 0.6) is 0 Å². The standard InChI is InChI=1S/C7H4BrN3O2S/c8-6-10-11-7(14-6)9-5(12)4-2-1-3-13-4/h1-3H,(H,9,11,12). The van der Waals surface area contributed by atoms with Gasteiger partial charge < -0.3 is 4.42 Å². The number of hydrogen-bond acceptors (Lipinski definition) is 5. The van der Waals surface area contributed by atoms with Gasteiger partial charge in [0, 0.05) is 0 Å². The zero-order chi connectivity index (χ0) is 9.97. The number of furan rings is 1. The maximum Gasteiger partial charge on any atom is 0.293 e. The number of halogens is 1. The molecule has 72 valence electrons. The van der Waals surface area contributed by atoms with Gasteiger partial charge in [0.25, 0.3) is 5.91 Å². The van der Waals surface area contributed by atoms with Gasteiger partial charge in [0.2, 0.25) is 5.13 Å². The van der Waals surface area contributed by atoms with E-state index in [1.54, 1.807) is 12.1 Å². The fourth-order valence-corrected chi connectivity index (χ4v) is 1.83. The number of anilines is 1. The van der Waals surface area contributed by atoms with Crippen LogP contribution in [0, 0.1) is 0 Å². The number of aromatic nitrogens is 2. The first-order valence-corrected chi connectivity index (χ1v) is 5.20. The van der Waals surface area contributed by atoms with Gasteiger partial charge in [0.15, 0.2) is 9.68 Å². The molecule has 2 heterocycles. The molecule has 2 aromatic heterocycles. The van der Waals surface area contributed by atoms with Gasteiger partial charge >= 0.3 is 0 Å². The van der Waals surface area contributed by atoms with Crippen molar-refractivity contribution in [2.45, 2.75) is 0 Å². The van der Waals surface area contributed by atoms with Gasteiger partial charge in [-0.05, 0) is 28.1 Å². The third kappa shape index (κ3) is 1.99. The first-order chi connectivity index (χ1) is 6.75. The molecule has 0 aliphatic rings. The number of carbonyl (C=O) groups excluding carboxylic acids is 1. The van der Waals surface area contributed by atoms with E-state index in [0.717, 1.165) is 0 Å². The van der Waals surface area contributed by atoms with Crippen molar-refractivity contribution in [2.75, 3.05) is 5.32 Å². The van der Waals surface area contributed by atoms with Crippen molar-refractivity contribution in [3.05, 3.63) is 28.1 Å². The summed E-state index contributed by atoms with van der Waals surface area (Å²) in [6.07, 6.45) is 1.44. The Morgan fingerprint density at radius 2 is 2.43 bits per heavy atom. The molecule has 0 aliphatic heterocycles. The predicted molar refractivity (Wildman–Crippen MR) is 54.3 cm³/mol. The third-order valence-electron chi connectivity index (χ3n) is 1.37. The highest BCUT2D eigenvalue weighted by atomic mass is 79.9. The van der Waals surface area contributed by atoms with Crippen LogP contribution < -0.4 is 5.32 Å². The summed E-state index contributed by atoms with van der Waals surface area (Å²) >= 11 is 4.38. The smallest absolute Gasteiger partial charge is 0.293 e. The number of carbonyl (C=O) groups is 1. The lowest BCUT2D eigenvalue weighted by molar-refractivity contribution is 0.0996. The monoisotopic (exact) mass is 273 g/mol. The summed E-state index contributed by atoms with van der Waals surface area (Å²) in [7, 11) is 0. The molecule has 1 N–H and O–H groups in total. The largest absolute Gasteiger partial charge is 0.459 e. The van der Waals surface area contributed by atoms with Crippen molar-refractivity contribution in [1.29, 1.82) is 0 Å². The van der Waals surface area contributed by atoms with E-state index in [1.807, 2.05) is 0 Å². The highest BCUT2D eigenvalue weighted by Gasteiger charge is 2.10. The van der Waals surface area contributed by atoms with Crippen molar-refractivity contribution < 1.29 is 9.21 Å². The maximum atomic E-state index is 11.4. The second kappa shape index (κ2) is 3.89. The Morgan fingerprint density at radius 1 is 1.57 bits per heavy atom. The lowest BCUT2D eigenvalue weighted by atomic mass is 10.4. The number of nitrogens with zero attached hydrogens (tertiary/aromatic N) is 2. The van der Waals surface area contributed by atoms with Crippen molar-refractivity contribution >= 4 is 38.3 Å². The lowest BCUT2D eigenvalue weighted by Gasteiger charge is -1.95. The molecule has 0 saturated carbocycles. The fourth-order valence-electron chi connectivity index (χ4n) is 0.822. The minimum atomic E-state index is -0.335. The molecule has 14 heavy (non-hydrogen) atoms. The van der Waals surface area contributed by atoms with Gasteiger partial charge in [-0.15, -0.1) is 10.2 Å². The molecule has 0 aromatic carbocycles. The van der Waals surface area contributed by atoms with Gasteiger partial charge in [-0.2, -0.15) is 0 Å². The summed E-state index contributed by atoms with van der Waals surface area (Å²) in [4.78, 5) is 11.4. The molecule has 5 nitrogen and oxygen atoms in total. The minimum absolute atomic E-state index is 0.247. The molecule has 0 fully saturated rings. The number of hydrogen-bond donors (Lipinski definition) is 1. The highest BCUT2D eigenvalue weighted by molar-refractivity contribution is 9.11. The SMILES string of the molecule is O=C(Nc1nnc(Br)s1)c1ccco1. The number of nitrogens with one attached hydrogen (secondary N) is 1. The third-order valence-corrected chi connectivity index (χ3v) is 2.64. The first kappa shape index (κ1) is 9.35. The summed E-state index contributed by atoms with van der Waals surface area (Å²) in [6, 6.07) is 3.22. The molecule has 0 unspecified atom stereocenters. The van der Waals surface area contributed by atoms with Crippen molar-refractivity contribution in [3.63, 3.8) is 0 Å². The molecule has 7 heteroatoms. The lowest BCUT2D eigenvalue weighted by Crippen LogP contribution is -2.10. The van der Waals surface area contributed by atoms with E-state index in [9.17, 15) is 4.79 Å². The summed E-state index contributed by atoms with van der Waals surface area (Å²) in [5, 5.41) is 10.4. The van der Waals surface area contributed by atoms with E-state index in [1.165, 1.54) is 17.6 Å². The molecule has 0 spiro atoms. The molecule has 2 aromatic rings. The number of rotatable bonds is 2. The predicted octanol–water partition coefficient (Wildman–Crippen LogP) is 2.15. The van der Waals surface area contributed by atoms with Crippen LogP contribution in [-0.4, -0.2) is 16.1 Å². The van der Waals surface area contributed by atoms with E-state index in [-0.39, 0.29) is 11.7 Å². The van der Waals surface area contributed by atoms with E-state index in [0.29, 0.717) is 9.05 Å². The molecule has 0 bridgehead atoms. The molecule has 1 amide bonds. The molecular formula is C7H4BrN3O2S. The van der Waals surface area contributed by atoms with Crippen LogP contribution in [0.1, 0.15) is 10.6 Å². The van der Waals surface area contributed by atoms with E-state index in [4.69, 9.17) is 4.42 Å². The van der Waals surface area contributed by atoms with Gasteiger partial charge in [-0.25, -0.2) is 0 Å². The molecule has 0 aliphatic carbocycles. The van der Waals surface area contributed by atoms with Crippen LogP contribution in [0.2, 0.25) is 0 Å². The van der Waals surface area contributed by atoms with Crippen LogP contribution in [-0.2, 0) is 0 Å². The van der Waals surface area contributed by atoms with Crippen LogP contribution in [0.4, 0.5) is 5.13 Å². The van der Waals surface area contributed by atoms with Crippen molar-refractivity contribution in [1.82, 2.24) is 10.2 Å². The van der Waals surface area contributed by atoms with E-state index >= 15 is 0 Å². The Labute approximate surface area is 91.3 Å². The minimum Gasteiger partial charge on any atom is -0.459 e. The van der Waals surface area contributed by atoms with Crippen LogP contribution in [0.3, 0.4) is 0 Å². The highest BCUT2D eigenvalue weighted by Crippen LogP contribution is 2.20. The van der Waals surface area contributed by atoms with Crippen LogP contribution in [0.25, 0.3) is 0 Å². The number of amides is 1. The Kier molecular flexibility index (Phi) is 2.60. The second-order valence-corrected chi connectivity index (χ2v) is 4.55. The van der Waals surface area contributed by atoms with Gasteiger partial charge in [0.1, 0.15) is 0 Å². The average molecular weight is 274 g/mol. The average Bonchev–Trinajstić information content (AvgIpc) is 2.75. The summed E-state index contributed by atoms with van der Waals surface area (Å²) in [6.45, 7) is 0. The fraction of sp³-hybridized carbons (Fsp3) is 0. The summed E-state index contributed by atoms with van der Waals surface area (Å²) in [5.74, 6) is -0.0880. The Bertz CT molecular complexity index is 439. The molecular weight excluding hydrogens is 270 g/mol. The van der Waals surface area contributed by atoms with Crippen molar-refractivity contribution in [2.24, 2.45) is 0 Å². The van der Waals surface area contributed by atoms with E-state index < -0.39 is 0 Å². The second-order valence-electron chi connectivity index (χ2n) is 2.29. The van der Waals surface area contributed by atoms with Gasteiger partial charge in [-0.3, -0.25) is 10.1 Å². The van der Waals surface area contributed by atoms with Crippen LogP contribution in [0.15, 0.2) is 26.7 Å². The molecule has 2 rings (SSSR count). The Hall–Kier alpha value is -1.21. The summed E-state index contributed by atoms with van der Waals surface area (Å²) in [5.41, 5.74) is 0. The Balaban J connectivity index is 2.09. The first-order valence-electron chi connectivity index (χ1n) is 3.59. The van der Waals surface area contributed by atoms with Crippen molar-refractivity contribution in [3.8, 4) is 0 Å². The molecule has 0 atom stereocenters. The van der Waals surface area contributed by atoms with E-state index in [2.05, 4.69) is 31.4 Å². The zero-order valence-electron chi connectivity index (χ0n) is 6.73. The van der Waals surface area contributed by atoms with Crippen LogP contribution >= 0.6 is 27.3 Å². The zero-order valence-corrected chi connectivity index (χ0v) is 9.13. The summed E-state index contributed by atoms with van der Waals surface area (Å²) < 4.78 is 5.52. The molecule has 0 radical (unpaired) electrons. The molecule has 0 saturated heterocycles. The maximum absolute atomic E-state index is 11.4. The quantitative estimate of drug-likeness (QED) is 0.911.